The van der Waals surface area contributed by atoms with E-state index in [1.807, 2.05) is 16.0 Å². The van der Waals surface area contributed by atoms with Crippen LogP contribution < -0.4 is 0 Å². The van der Waals surface area contributed by atoms with Crippen molar-refractivity contribution in [2.75, 3.05) is 7.11 Å². The van der Waals surface area contributed by atoms with Gasteiger partial charge in [0.2, 0.25) is 0 Å². The topological polar surface area (TPSA) is 44.1 Å². The fourth-order valence-electron chi connectivity index (χ4n) is 3.14. The van der Waals surface area contributed by atoms with E-state index in [4.69, 9.17) is 16.3 Å². The van der Waals surface area contributed by atoms with Crippen molar-refractivity contribution >= 4 is 34.5 Å². The predicted molar refractivity (Wildman–Crippen MR) is 116 cm³/mol. The summed E-state index contributed by atoms with van der Waals surface area (Å²) in [6.45, 7) is 6.24. The Labute approximate surface area is 178 Å². The van der Waals surface area contributed by atoms with E-state index in [2.05, 4.69) is 18.5 Å². The van der Waals surface area contributed by atoms with Gasteiger partial charge in [0, 0.05) is 22.6 Å². The molecule has 7 heteroatoms. The number of halogens is 2. The number of aryl methyl sites for hydroxylation is 1. The van der Waals surface area contributed by atoms with Crippen molar-refractivity contribution in [3.63, 3.8) is 0 Å². The van der Waals surface area contributed by atoms with Gasteiger partial charge >= 0.3 is 5.97 Å². The molecule has 0 saturated carbocycles. The lowest BCUT2D eigenvalue weighted by molar-refractivity contribution is -0.133. The standard InChI is InChI=1S/C22H22ClFN2O2S/c1-4-5-9-20-25-12-19(15-10-11-29-21(15)14(2)22(27)28-3)26(20)13-16-17(23)7-6-8-18(16)24/h6-8,10-12H,2,4-5,9,13H2,1,3H3. The summed E-state index contributed by atoms with van der Waals surface area (Å²) in [7, 11) is 1.33. The number of methoxy groups -OCH3 is 1. The molecule has 0 spiro atoms. The summed E-state index contributed by atoms with van der Waals surface area (Å²) in [4.78, 5) is 17.3. The first-order valence-corrected chi connectivity index (χ1v) is 10.6. The van der Waals surface area contributed by atoms with E-state index in [0.29, 0.717) is 15.5 Å². The zero-order valence-corrected chi connectivity index (χ0v) is 17.9. The number of thiophene rings is 1. The number of carbonyl (C=O) groups is 1. The summed E-state index contributed by atoms with van der Waals surface area (Å²) in [5, 5.41) is 2.26. The quantitative estimate of drug-likeness (QED) is 0.325. The Balaban J connectivity index is 2.10. The first-order valence-electron chi connectivity index (χ1n) is 9.30. The summed E-state index contributed by atoms with van der Waals surface area (Å²) in [6, 6.07) is 6.58. The van der Waals surface area contributed by atoms with Crippen molar-refractivity contribution < 1.29 is 13.9 Å². The molecule has 3 rings (SSSR count). The largest absolute Gasteiger partial charge is 0.465 e. The van der Waals surface area contributed by atoms with Crippen LogP contribution in [-0.2, 0) is 22.5 Å². The van der Waals surface area contributed by atoms with Gasteiger partial charge in [-0.2, -0.15) is 0 Å². The van der Waals surface area contributed by atoms with Gasteiger partial charge in [0.05, 0.1) is 36.0 Å². The van der Waals surface area contributed by atoms with Crippen LogP contribution in [0.15, 0.2) is 42.4 Å². The Morgan fingerprint density at radius 2 is 2.17 bits per heavy atom. The van der Waals surface area contributed by atoms with Gasteiger partial charge in [0.15, 0.2) is 0 Å². The predicted octanol–water partition coefficient (Wildman–Crippen LogP) is 5.98. The van der Waals surface area contributed by atoms with Gasteiger partial charge in [-0.15, -0.1) is 11.3 Å². The molecule has 0 atom stereocenters. The van der Waals surface area contributed by atoms with E-state index < -0.39 is 5.97 Å². The Kier molecular flexibility index (Phi) is 6.87. The van der Waals surface area contributed by atoms with Crippen LogP contribution in [0.2, 0.25) is 5.02 Å². The molecule has 4 nitrogen and oxygen atoms in total. The molecule has 0 radical (unpaired) electrons. The summed E-state index contributed by atoms with van der Waals surface area (Å²) in [5.74, 6) is 0.00761. The number of unbranched alkanes of at least 4 members (excludes halogenated alkanes) is 1. The zero-order valence-electron chi connectivity index (χ0n) is 16.4. The molecule has 0 fully saturated rings. The molecular formula is C22H22ClFN2O2S. The summed E-state index contributed by atoms with van der Waals surface area (Å²) in [5.41, 5.74) is 2.30. The lowest BCUT2D eigenvalue weighted by Gasteiger charge is -2.15. The van der Waals surface area contributed by atoms with E-state index in [-0.39, 0.29) is 17.9 Å². The molecule has 0 unspecified atom stereocenters. The average Bonchev–Trinajstić information content (AvgIpc) is 3.34. The van der Waals surface area contributed by atoms with E-state index in [9.17, 15) is 9.18 Å². The molecular weight excluding hydrogens is 411 g/mol. The number of hydrogen-bond donors (Lipinski definition) is 0. The number of esters is 1. The smallest absolute Gasteiger partial charge is 0.338 e. The van der Waals surface area contributed by atoms with Crippen LogP contribution in [0.3, 0.4) is 0 Å². The minimum absolute atomic E-state index is 0.250. The van der Waals surface area contributed by atoms with Crippen LogP contribution in [0, 0.1) is 5.82 Å². The van der Waals surface area contributed by atoms with Crippen LogP contribution in [0.5, 0.6) is 0 Å². The Morgan fingerprint density at radius 3 is 2.86 bits per heavy atom. The number of nitrogens with zero attached hydrogens (tertiary/aromatic N) is 2. The lowest BCUT2D eigenvalue weighted by atomic mass is 10.1. The maximum absolute atomic E-state index is 14.5. The molecule has 0 aliphatic rings. The van der Waals surface area contributed by atoms with Crippen molar-refractivity contribution in [3.05, 3.63) is 69.5 Å². The van der Waals surface area contributed by atoms with Crippen molar-refractivity contribution in [2.45, 2.75) is 32.7 Å². The van der Waals surface area contributed by atoms with Crippen molar-refractivity contribution in [2.24, 2.45) is 0 Å². The first kappa shape index (κ1) is 21.3. The Morgan fingerprint density at radius 1 is 1.38 bits per heavy atom. The third kappa shape index (κ3) is 4.43. The van der Waals surface area contributed by atoms with Gasteiger partial charge in [-0.05, 0) is 30.0 Å². The fourth-order valence-corrected chi connectivity index (χ4v) is 4.23. The third-order valence-electron chi connectivity index (χ3n) is 4.72. The molecule has 3 aromatic rings. The summed E-state index contributed by atoms with van der Waals surface area (Å²) >= 11 is 7.68. The second kappa shape index (κ2) is 9.37. The highest BCUT2D eigenvalue weighted by atomic mass is 35.5. The second-order valence-corrected chi connectivity index (χ2v) is 7.91. The first-order chi connectivity index (χ1) is 14.0. The molecule has 0 amide bonds. The second-order valence-electron chi connectivity index (χ2n) is 6.58. The van der Waals surface area contributed by atoms with Crippen LogP contribution >= 0.6 is 22.9 Å². The Hall–Kier alpha value is -2.44. The van der Waals surface area contributed by atoms with Gasteiger partial charge in [-0.3, -0.25) is 0 Å². The molecule has 0 aliphatic heterocycles. The summed E-state index contributed by atoms with van der Waals surface area (Å²) < 4.78 is 21.3. The van der Waals surface area contributed by atoms with E-state index in [1.54, 1.807) is 18.3 Å². The van der Waals surface area contributed by atoms with Gasteiger partial charge < -0.3 is 9.30 Å². The molecule has 0 aliphatic carbocycles. The number of hydrogen-bond acceptors (Lipinski definition) is 4. The molecule has 29 heavy (non-hydrogen) atoms. The van der Waals surface area contributed by atoms with Crippen LogP contribution in [-0.4, -0.2) is 22.6 Å². The number of benzene rings is 1. The van der Waals surface area contributed by atoms with E-state index in [1.165, 1.54) is 24.5 Å². The van der Waals surface area contributed by atoms with Crippen molar-refractivity contribution in [3.8, 4) is 11.3 Å². The van der Waals surface area contributed by atoms with Gasteiger partial charge in [-0.1, -0.05) is 37.6 Å². The normalized spacial score (nSPS) is 10.9. The minimum Gasteiger partial charge on any atom is -0.465 e. The van der Waals surface area contributed by atoms with Gasteiger partial charge in [-0.25, -0.2) is 14.2 Å². The van der Waals surface area contributed by atoms with E-state index >= 15 is 0 Å². The molecule has 1 aromatic carbocycles. The van der Waals surface area contributed by atoms with Crippen LogP contribution in [0.1, 0.15) is 36.0 Å². The highest BCUT2D eigenvalue weighted by Crippen LogP contribution is 2.35. The number of imidazole rings is 1. The molecule has 0 N–H and O–H groups in total. The SMILES string of the molecule is C=C(C(=O)OC)c1sccc1-c1cnc(CCCC)n1Cc1c(F)cccc1Cl. The average molecular weight is 433 g/mol. The molecule has 0 saturated heterocycles. The monoisotopic (exact) mass is 432 g/mol. The van der Waals surface area contributed by atoms with Crippen molar-refractivity contribution in [1.29, 1.82) is 0 Å². The highest BCUT2D eigenvalue weighted by molar-refractivity contribution is 7.12. The van der Waals surface area contributed by atoms with E-state index in [0.717, 1.165) is 36.3 Å². The van der Waals surface area contributed by atoms with Gasteiger partial charge in [0.1, 0.15) is 11.6 Å². The number of ether oxygens (including phenoxy) is 1. The third-order valence-corrected chi connectivity index (χ3v) is 6.05. The number of aromatic nitrogens is 2. The molecule has 2 aromatic heterocycles. The highest BCUT2D eigenvalue weighted by Gasteiger charge is 2.21. The van der Waals surface area contributed by atoms with Crippen LogP contribution in [0.25, 0.3) is 16.8 Å². The maximum Gasteiger partial charge on any atom is 0.338 e. The van der Waals surface area contributed by atoms with Gasteiger partial charge in [0.25, 0.3) is 0 Å². The zero-order chi connectivity index (χ0) is 21.0. The Bertz CT molecular complexity index is 1020. The number of carbonyl (C=O) groups excluding carboxylic acids is 1. The molecule has 2 heterocycles. The van der Waals surface area contributed by atoms with Crippen molar-refractivity contribution in [1.82, 2.24) is 9.55 Å². The lowest BCUT2D eigenvalue weighted by Crippen LogP contribution is -2.10. The summed E-state index contributed by atoms with van der Waals surface area (Å²) in [6.07, 6.45) is 4.51. The molecule has 152 valence electrons. The van der Waals surface area contributed by atoms with Crippen LogP contribution in [0.4, 0.5) is 4.39 Å². The molecule has 0 bridgehead atoms. The maximum atomic E-state index is 14.5. The number of rotatable bonds is 8. The minimum atomic E-state index is -0.483. The fraction of sp³-hybridized carbons (Fsp3) is 0.273.